The van der Waals surface area contributed by atoms with Gasteiger partial charge in [0.15, 0.2) is 12.0 Å². The fourth-order valence-electron chi connectivity index (χ4n) is 2.37. The molecule has 8 nitrogen and oxygen atoms in total. The second-order valence-electron chi connectivity index (χ2n) is 4.67. The number of azide groups is 1. The van der Waals surface area contributed by atoms with Crippen molar-refractivity contribution in [2.45, 2.75) is 37.6 Å². The van der Waals surface area contributed by atoms with Crippen LogP contribution in [0, 0.1) is 5.92 Å². The molecule has 9 heteroatoms. The summed E-state index contributed by atoms with van der Waals surface area (Å²) in [5, 5.41) is 3.22. The van der Waals surface area contributed by atoms with Crippen LogP contribution < -0.4 is 11.4 Å². The van der Waals surface area contributed by atoms with E-state index in [2.05, 4.69) is 15.0 Å². The molecule has 1 saturated heterocycles. The van der Waals surface area contributed by atoms with Crippen LogP contribution in [0.1, 0.15) is 26.5 Å². The van der Waals surface area contributed by atoms with Crippen LogP contribution >= 0.6 is 11.6 Å². The van der Waals surface area contributed by atoms with E-state index in [4.69, 9.17) is 27.6 Å². The Morgan fingerprint density at radius 3 is 3.00 bits per heavy atom. The van der Waals surface area contributed by atoms with Crippen molar-refractivity contribution >= 4 is 17.4 Å². The maximum atomic E-state index is 11.9. The monoisotopic (exact) mass is 298 g/mol. The molecule has 20 heavy (non-hydrogen) atoms. The van der Waals surface area contributed by atoms with Gasteiger partial charge < -0.3 is 10.5 Å². The van der Waals surface area contributed by atoms with Gasteiger partial charge in [0.05, 0.1) is 5.38 Å². The Kier molecular flexibility index (Phi) is 3.89. The summed E-state index contributed by atoms with van der Waals surface area (Å²) >= 11 is 6.35. The first-order valence-corrected chi connectivity index (χ1v) is 6.61. The topological polar surface area (TPSA) is 119 Å². The molecule has 1 fully saturated rings. The van der Waals surface area contributed by atoms with Gasteiger partial charge in [0.1, 0.15) is 5.82 Å². The quantitative estimate of drug-likeness (QED) is 0.397. The minimum atomic E-state index is -1.06. The predicted octanol–water partition coefficient (Wildman–Crippen LogP) is 2.01. The van der Waals surface area contributed by atoms with Crippen molar-refractivity contribution in [1.29, 1.82) is 0 Å². The highest BCUT2D eigenvalue weighted by Gasteiger charge is 2.51. The van der Waals surface area contributed by atoms with Gasteiger partial charge in [0.25, 0.3) is 0 Å². The van der Waals surface area contributed by atoms with Gasteiger partial charge in [-0.3, -0.25) is 4.57 Å². The summed E-state index contributed by atoms with van der Waals surface area (Å²) in [4.78, 5) is 18.3. The molecule has 0 saturated carbocycles. The van der Waals surface area contributed by atoms with Gasteiger partial charge in [-0.05, 0) is 18.0 Å². The molecule has 1 aliphatic rings. The van der Waals surface area contributed by atoms with Crippen LogP contribution in [0.3, 0.4) is 0 Å². The molecule has 0 radical (unpaired) electrons. The first-order valence-electron chi connectivity index (χ1n) is 6.18. The third kappa shape index (κ3) is 2.22. The summed E-state index contributed by atoms with van der Waals surface area (Å²) in [7, 11) is 0. The molecule has 0 bridgehead atoms. The summed E-state index contributed by atoms with van der Waals surface area (Å²) in [5.41, 5.74) is 12.5. The second kappa shape index (κ2) is 5.32. The zero-order valence-electron chi connectivity index (χ0n) is 11.1. The standard InChI is InChI=1S/C11H15ClN6O2/c1-3-11(16-17-14)6(2)8(12)9(20-11)18-5-4-7(13)15-10(18)19/h4-6,8-9H,3H2,1-2H3,(H2,13,15,19)/t6-,8+,9+,11+/m0/s1. The van der Waals surface area contributed by atoms with Crippen LogP contribution in [0.2, 0.25) is 0 Å². The molecule has 1 aromatic heterocycles. The fraction of sp³-hybridized carbons (Fsp3) is 0.636. The number of nitrogens with two attached hydrogens (primary N) is 1. The highest BCUT2D eigenvalue weighted by molar-refractivity contribution is 6.21. The zero-order valence-corrected chi connectivity index (χ0v) is 11.9. The Balaban J connectivity index is 2.45. The highest BCUT2D eigenvalue weighted by atomic mass is 35.5. The normalized spacial score (nSPS) is 32.9. The van der Waals surface area contributed by atoms with Crippen molar-refractivity contribution in [2.24, 2.45) is 11.0 Å². The maximum Gasteiger partial charge on any atom is 0.351 e. The van der Waals surface area contributed by atoms with Gasteiger partial charge >= 0.3 is 5.69 Å². The average molecular weight is 299 g/mol. The Labute approximate surface area is 120 Å². The molecular weight excluding hydrogens is 284 g/mol. The molecule has 1 aliphatic heterocycles. The average Bonchev–Trinajstić information content (AvgIpc) is 2.65. The highest BCUT2D eigenvalue weighted by Crippen LogP contribution is 2.46. The number of rotatable bonds is 3. The van der Waals surface area contributed by atoms with E-state index >= 15 is 0 Å². The molecule has 0 aromatic carbocycles. The van der Waals surface area contributed by atoms with Crippen LogP contribution in [0.5, 0.6) is 0 Å². The number of ether oxygens (including phenoxy) is 1. The van der Waals surface area contributed by atoms with Gasteiger partial charge in [-0.25, -0.2) is 4.79 Å². The number of anilines is 1. The summed E-state index contributed by atoms with van der Waals surface area (Å²) in [6.07, 6.45) is 1.17. The molecule has 108 valence electrons. The molecule has 0 amide bonds. The summed E-state index contributed by atoms with van der Waals surface area (Å²) < 4.78 is 7.06. The van der Waals surface area contributed by atoms with Crippen LogP contribution in [0.25, 0.3) is 10.4 Å². The Bertz CT molecular complexity index is 613. The molecule has 2 N–H and O–H groups in total. The first kappa shape index (κ1) is 14.6. The van der Waals surface area contributed by atoms with Crippen LogP contribution in [0.4, 0.5) is 5.82 Å². The molecular formula is C11H15ClN6O2. The van der Waals surface area contributed by atoms with E-state index in [1.165, 1.54) is 16.8 Å². The summed E-state index contributed by atoms with van der Waals surface area (Å²) in [5.74, 6) is -0.125. The molecule has 1 aromatic rings. The van der Waals surface area contributed by atoms with Crippen molar-refractivity contribution in [1.82, 2.24) is 9.55 Å². The van der Waals surface area contributed by atoms with Crippen molar-refractivity contribution in [2.75, 3.05) is 5.73 Å². The number of nitrogen functional groups attached to an aromatic ring is 1. The summed E-state index contributed by atoms with van der Waals surface area (Å²) in [6.45, 7) is 3.66. The Hall–Kier alpha value is -1.76. The van der Waals surface area contributed by atoms with Crippen LogP contribution in [-0.2, 0) is 4.74 Å². The number of hydrogen-bond donors (Lipinski definition) is 1. The number of nitrogens with zero attached hydrogens (tertiary/aromatic N) is 5. The lowest BCUT2D eigenvalue weighted by Crippen LogP contribution is -2.32. The lowest BCUT2D eigenvalue weighted by molar-refractivity contribution is -0.0822. The second-order valence-corrected chi connectivity index (χ2v) is 5.18. The largest absolute Gasteiger partial charge is 0.383 e. The van der Waals surface area contributed by atoms with E-state index in [1.54, 1.807) is 0 Å². The number of alkyl halides is 1. The van der Waals surface area contributed by atoms with E-state index in [0.717, 1.165) is 0 Å². The van der Waals surface area contributed by atoms with E-state index in [-0.39, 0.29) is 11.7 Å². The van der Waals surface area contributed by atoms with Gasteiger partial charge in [0.2, 0.25) is 0 Å². The number of halogens is 1. The Morgan fingerprint density at radius 2 is 2.45 bits per heavy atom. The molecule has 4 atom stereocenters. The first-order chi connectivity index (χ1) is 9.45. The lowest BCUT2D eigenvalue weighted by atomic mass is 9.95. The van der Waals surface area contributed by atoms with Crippen molar-refractivity contribution in [3.8, 4) is 0 Å². The van der Waals surface area contributed by atoms with E-state index in [1.807, 2.05) is 13.8 Å². The van der Waals surface area contributed by atoms with Crippen LogP contribution in [-0.4, -0.2) is 20.7 Å². The van der Waals surface area contributed by atoms with Gasteiger partial charge in [-0.15, -0.1) is 11.6 Å². The van der Waals surface area contributed by atoms with Crippen molar-refractivity contribution in [3.05, 3.63) is 33.2 Å². The Morgan fingerprint density at radius 1 is 1.75 bits per heavy atom. The molecule has 2 rings (SSSR count). The number of hydrogen-bond acceptors (Lipinski definition) is 5. The lowest BCUT2D eigenvalue weighted by Gasteiger charge is -2.26. The summed E-state index contributed by atoms with van der Waals surface area (Å²) in [6, 6.07) is 1.48. The maximum absolute atomic E-state index is 11.9. The zero-order chi connectivity index (χ0) is 14.9. The molecule has 0 spiro atoms. The molecule has 2 heterocycles. The fourth-order valence-corrected chi connectivity index (χ4v) is 2.74. The SMILES string of the molecule is CC[C@@]1(N=[N+]=[N-])O[C@@H](n2ccc(N)nc2=O)[C@H](Cl)[C@@H]1C. The molecule has 0 aliphatic carbocycles. The van der Waals surface area contributed by atoms with Gasteiger partial charge in [-0.1, -0.05) is 19.0 Å². The van der Waals surface area contributed by atoms with Gasteiger partial charge in [0, 0.05) is 17.0 Å². The third-order valence-electron chi connectivity index (χ3n) is 3.63. The smallest absolute Gasteiger partial charge is 0.351 e. The van der Waals surface area contributed by atoms with Crippen molar-refractivity contribution in [3.63, 3.8) is 0 Å². The minimum Gasteiger partial charge on any atom is -0.383 e. The third-order valence-corrected chi connectivity index (χ3v) is 4.23. The van der Waals surface area contributed by atoms with Crippen LogP contribution in [0.15, 0.2) is 22.2 Å². The van der Waals surface area contributed by atoms with E-state index in [0.29, 0.717) is 6.42 Å². The minimum absolute atomic E-state index is 0.125. The molecule has 0 unspecified atom stereocenters. The van der Waals surface area contributed by atoms with Gasteiger partial charge in [-0.2, -0.15) is 4.98 Å². The van der Waals surface area contributed by atoms with E-state index < -0.39 is 23.0 Å². The van der Waals surface area contributed by atoms with Crippen molar-refractivity contribution < 1.29 is 4.74 Å². The number of aromatic nitrogens is 2. The predicted molar refractivity (Wildman–Crippen MR) is 74.0 cm³/mol. The van der Waals surface area contributed by atoms with E-state index in [9.17, 15) is 4.79 Å².